The number of carbonyl (C=O) groups is 1. The molecule has 1 heterocycles. The molecule has 0 unspecified atom stereocenters. The quantitative estimate of drug-likeness (QED) is 0.714. The highest BCUT2D eigenvalue weighted by Gasteiger charge is 2.19. The Kier molecular flexibility index (Phi) is 2.78. The number of nitrogens with zero attached hydrogens (tertiary/aromatic N) is 2. The van der Waals surface area contributed by atoms with E-state index in [1.807, 2.05) is 0 Å². The molecule has 0 saturated carbocycles. The number of aryl methyl sites for hydroxylation is 2. The highest BCUT2D eigenvalue weighted by Crippen LogP contribution is 2.16. The van der Waals surface area contributed by atoms with Crippen molar-refractivity contribution in [2.45, 2.75) is 26.9 Å². The summed E-state index contributed by atoms with van der Waals surface area (Å²) in [5.41, 5.74) is 7.04. The van der Waals surface area contributed by atoms with Gasteiger partial charge in [0, 0.05) is 7.05 Å². The van der Waals surface area contributed by atoms with Crippen LogP contribution < -0.4 is 5.73 Å². The second-order valence-corrected chi connectivity index (χ2v) is 3.43. The molecular formula is C9H15N3O2. The van der Waals surface area contributed by atoms with Crippen LogP contribution in [0.5, 0.6) is 0 Å². The third-order valence-electron chi connectivity index (χ3n) is 1.80. The third-order valence-corrected chi connectivity index (χ3v) is 1.80. The van der Waals surface area contributed by atoms with Crippen molar-refractivity contribution in [2.75, 3.05) is 5.73 Å². The standard InChI is InChI=1S/C9H15N3O2/c1-5(2)14-9(13)8-7(10)6(3)11-12(8)4/h5H,10H2,1-4H3. The number of anilines is 1. The minimum Gasteiger partial charge on any atom is -0.458 e. The van der Waals surface area contributed by atoms with E-state index in [4.69, 9.17) is 10.5 Å². The number of esters is 1. The van der Waals surface area contributed by atoms with Gasteiger partial charge in [0.1, 0.15) is 0 Å². The molecule has 0 atom stereocenters. The molecule has 5 nitrogen and oxygen atoms in total. The summed E-state index contributed by atoms with van der Waals surface area (Å²) in [6, 6.07) is 0. The largest absolute Gasteiger partial charge is 0.458 e. The predicted molar refractivity (Wildman–Crippen MR) is 52.9 cm³/mol. The fourth-order valence-corrected chi connectivity index (χ4v) is 1.19. The Morgan fingerprint density at radius 3 is 2.50 bits per heavy atom. The van der Waals surface area contributed by atoms with Crippen LogP contribution in [0, 0.1) is 6.92 Å². The smallest absolute Gasteiger partial charge is 0.359 e. The molecule has 0 fully saturated rings. The summed E-state index contributed by atoms with van der Waals surface area (Å²) >= 11 is 0. The molecule has 0 aliphatic heterocycles. The third kappa shape index (κ3) is 1.86. The van der Waals surface area contributed by atoms with Gasteiger partial charge in [-0.1, -0.05) is 0 Å². The number of aromatic nitrogens is 2. The first-order valence-corrected chi connectivity index (χ1v) is 4.43. The van der Waals surface area contributed by atoms with Gasteiger partial charge in [0.15, 0.2) is 5.69 Å². The average Bonchev–Trinajstić information content (AvgIpc) is 2.25. The highest BCUT2D eigenvalue weighted by atomic mass is 16.5. The minimum absolute atomic E-state index is 0.155. The van der Waals surface area contributed by atoms with Crippen LogP contribution in [0.2, 0.25) is 0 Å². The summed E-state index contributed by atoms with van der Waals surface area (Å²) in [5.74, 6) is -0.430. The van der Waals surface area contributed by atoms with Gasteiger partial charge in [0.05, 0.1) is 17.5 Å². The zero-order valence-electron chi connectivity index (χ0n) is 8.87. The number of ether oxygens (including phenoxy) is 1. The molecule has 5 heteroatoms. The maximum absolute atomic E-state index is 11.5. The van der Waals surface area contributed by atoms with Gasteiger partial charge in [0.2, 0.25) is 0 Å². The van der Waals surface area contributed by atoms with Crippen molar-refractivity contribution in [3.8, 4) is 0 Å². The van der Waals surface area contributed by atoms with E-state index in [0.717, 1.165) is 0 Å². The van der Waals surface area contributed by atoms with Crippen molar-refractivity contribution in [2.24, 2.45) is 7.05 Å². The first-order valence-electron chi connectivity index (χ1n) is 4.43. The molecule has 0 aliphatic rings. The van der Waals surface area contributed by atoms with Crippen LogP contribution in [0.1, 0.15) is 30.0 Å². The number of hydrogen-bond acceptors (Lipinski definition) is 4. The summed E-state index contributed by atoms with van der Waals surface area (Å²) in [4.78, 5) is 11.5. The van der Waals surface area contributed by atoms with Gasteiger partial charge < -0.3 is 10.5 Å². The van der Waals surface area contributed by atoms with Crippen LogP contribution in [0.25, 0.3) is 0 Å². The summed E-state index contributed by atoms with van der Waals surface area (Å²) in [7, 11) is 1.67. The minimum atomic E-state index is -0.430. The number of nitrogens with two attached hydrogens (primary N) is 1. The van der Waals surface area contributed by atoms with Crippen LogP contribution in [-0.4, -0.2) is 21.9 Å². The van der Waals surface area contributed by atoms with Crippen molar-refractivity contribution in [1.82, 2.24) is 9.78 Å². The zero-order chi connectivity index (χ0) is 10.9. The summed E-state index contributed by atoms with van der Waals surface area (Å²) in [6.07, 6.45) is -0.155. The Bertz CT molecular complexity index is 355. The molecule has 0 radical (unpaired) electrons. The Morgan fingerprint density at radius 1 is 1.57 bits per heavy atom. The molecule has 2 N–H and O–H groups in total. The fourth-order valence-electron chi connectivity index (χ4n) is 1.19. The molecule has 1 aromatic heterocycles. The van der Waals surface area contributed by atoms with Crippen molar-refractivity contribution >= 4 is 11.7 Å². The van der Waals surface area contributed by atoms with E-state index in [2.05, 4.69) is 5.10 Å². The van der Waals surface area contributed by atoms with E-state index in [-0.39, 0.29) is 6.10 Å². The summed E-state index contributed by atoms with van der Waals surface area (Å²) < 4.78 is 6.47. The van der Waals surface area contributed by atoms with E-state index < -0.39 is 5.97 Å². The first kappa shape index (κ1) is 10.6. The van der Waals surface area contributed by atoms with Gasteiger partial charge in [-0.05, 0) is 20.8 Å². The van der Waals surface area contributed by atoms with Gasteiger partial charge >= 0.3 is 5.97 Å². The monoisotopic (exact) mass is 197 g/mol. The number of carbonyl (C=O) groups excluding carboxylic acids is 1. The van der Waals surface area contributed by atoms with E-state index in [0.29, 0.717) is 17.1 Å². The van der Waals surface area contributed by atoms with Crippen LogP contribution in [-0.2, 0) is 11.8 Å². The average molecular weight is 197 g/mol. The Balaban J connectivity index is 3.00. The molecule has 0 saturated heterocycles. The second-order valence-electron chi connectivity index (χ2n) is 3.43. The Hall–Kier alpha value is -1.52. The van der Waals surface area contributed by atoms with Crippen LogP contribution in [0.3, 0.4) is 0 Å². The molecule has 1 aromatic rings. The van der Waals surface area contributed by atoms with E-state index in [1.165, 1.54) is 4.68 Å². The lowest BCUT2D eigenvalue weighted by Gasteiger charge is -2.08. The zero-order valence-corrected chi connectivity index (χ0v) is 8.87. The molecule has 1 rings (SSSR count). The molecule has 78 valence electrons. The molecule has 0 bridgehead atoms. The number of rotatable bonds is 2. The Morgan fingerprint density at radius 2 is 2.14 bits per heavy atom. The van der Waals surface area contributed by atoms with E-state index in [1.54, 1.807) is 27.8 Å². The van der Waals surface area contributed by atoms with E-state index >= 15 is 0 Å². The van der Waals surface area contributed by atoms with Gasteiger partial charge in [-0.2, -0.15) is 5.10 Å². The summed E-state index contributed by atoms with van der Waals surface area (Å²) in [5, 5.41) is 4.03. The van der Waals surface area contributed by atoms with Crippen molar-refractivity contribution in [3.63, 3.8) is 0 Å². The maximum atomic E-state index is 11.5. The molecule has 14 heavy (non-hydrogen) atoms. The SMILES string of the molecule is Cc1nn(C)c(C(=O)OC(C)C)c1N. The van der Waals surface area contributed by atoms with Crippen molar-refractivity contribution in [3.05, 3.63) is 11.4 Å². The lowest BCUT2D eigenvalue weighted by molar-refractivity contribution is 0.0366. The Labute approximate surface area is 82.8 Å². The summed E-state index contributed by atoms with van der Waals surface area (Å²) in [6.45, 7) is 5.33. The maximum Gasteiger partial charge on any atom is 0.359 e. The van der Waals surface area contributed by atoms with Gasteiger partial charge in [-0.3, -0.25) is 4.68 Å². The van der Waals surface area contributed by atoms with Gasteiger partial charge in [-0.25, -0.2) is 4.79 Å². The van der Waals surface area contributed by atoms with Gasteiger partial charge in [0.25, 0.3) is 0 Å². The molecular weight excluding hydrogens is 182 g/mol. The van der Waals surface area contributed by atoms with Gasteiger partial charge in [-0.15, -0.1) is 0 Å². The predicted octanol–water partition coefficient (Wildman–Crippen LogP) is 0.876. The lowest BCUT2D eigenvalue weighted by atomic mass is 10.3. The first-order chi connectivity index (χ1) is 6.43. The molecule has 0 aromatic carbocycles. The topological polar surface area (TPSA) is 70.1 Å². The normalized spacial score (nSPS) is 10.6. The highest BCUT2D eigenvalue weighted by molar-refractivity contribution is 5.93. The molecule has 0 amide bonds. The van der Waals surface area contributed by atoms with Crippen molar-refractivity contribution < 1.29 is 9.53 Å². The molecule has 0 aliphatic carbocycles. The lowest BCUT2D eigenvalue weighted by Crippen LogP contribution is -2.16. The van der Waals surface area contributed by atoms with E-state index in [9.17, 15) is 4.79 Å². The molecule has 0 spiro atoms. The van der Waals surface area contributed by atoms with Crippen LogP contribution >= 0.6 is 0 Å². The van der Waals surface area contributed by atoms with Crippen LogP contribution in [0.15, 0.2) is 0 Å². The number of hydrogen-bond donors (Lipinski definition) is 1. The number of nitrogen functional groups attached to an aromatic ring is 1. The fraction of sp³-hybridized carbons (Fsp3) is 0.556. The van der Waals surface area contributed by atoms with Crippen molar-refractivity contribution in [1.29, 1.82) is 0 Å². The van der Waals surface area contributed by atoms with Crippen LogP contribution in [0.4, 0.5) is 5.69 Å². The second kappa shape index (κ2) is 3.69.